The average molecular weight is 245 g/mol. The van der Waals surface area contributed by atoms with Gasteiger partial charge >= 0.3 is 0 Å². The molecule has 100 valence electrons. The molecule has 0 aromatic carbocycles. The highest BCUT2D eigenvalue weighted by atomic mass is 19.3. The molecule has 1 unspecified atom stereocenters. The van der Waals surface area contributed by atoms with Gasteiger partial charge in [-0.05, 0) is 38.1 Å². The van der Waals surface area contributed by atoms with Crippen LogP contribution in [-0.2, 0) is 0 Å². The first kappa shape index (κ1) is 14.6. The molecule has 0 aromatic heterocycles. The van der Waals surface area contributed by atoms with E-state index in [1.165, 1.54) is 5.57 Å². The molecule has 1 aliphatic rings. The Morgan fingerprint density at radius 1 is 1.35 bits per heavy atom. The SMILES string of the molecule is C=C(CC)CC(NCC)C1CCC(F)(F)CC1. The van der Waals surface area contributed by atoms with E-state index in [4.69, 9.17) is 0 Å². The fourth-order valence-electron chi connectivity index (χ4n) is 2.59. The second-order valence-electron chi connectivity index (χ2n) is 5.17. The number of nitrogens with one attached hydrogen (secondary N) is 1. The molecule has 3 heteroatoms. The first-order valence-electron chi connectivity index (χ1n) is 6.76. The van der Waals surface area contributed by atoms with E-state index >= 15 is 0 Å². The number of rotatable bonds is 6. The maximum atomic E-state index is 13.1. The van der Waals surface area contributed by atoms with Crippen molar-refractivity contribution in [2.24, 2.45) is 5.92 Å². The van der Waals surface area contributed by atoms with Crippen molar-refractivity contribution in [3.63, 3.8) is 0 Å². The van der Waals surface area contributed by atoms with E-state index in [1.807, 2.05) is 0 Å². The molecule has 1 saturated carbocycles. The van der Waals surface area contributed by atoms with Gasteiger partial charge < -0.3 is 5.32 Å². The smallest absolute Gasteiger partial charge is 0.248 e. The molecular weight excluding hydrogens is 220 g/mol. The monoisotopic (exact) mass is 245 g/mol. The van der Waals surface area contributed by atoms with Gasteiger partial charge in [-0.25, -0.2) is 8.78 Å². The summed E-state index contributed by atoms with van der Waals surface area (Å²) in [4.78, 5) is 0. The van der Waals surface area contributed by atoms with Crippen LogP contribution in [0.3, 0.4) is 0 Å². The molecule has 17 heavy (non-hydrogen) atoms. The van der Waals surface area contributed by atoms with E-state index in [1.54, 1.807) is 0 Å². The summed E-state index contributed by atoms with van der Waals surface area (Å²) < 4.78 is 26.2. The predicted octanol–water partition coefficient (Wildman–Crippen LogP) is 4.15. The lowest BCUT2D eigenvalue weighted by Gasteiger charge is -2.34. The second-order valence-corrected chi connectivity index (χ2v) is 5.17. The van der Waals surface area contributed by atoms with Crippen molar-refractivity contribution in [3.05, 3.63) is 12.2 Å². The molecule has 1 fully saturated rings. The third-order valence-electron chi connectivity index (χ3n) is 3.81. The number of halogens is 2. The number of alkyl halides is 2. The summed E-state index contributed by atoms with van der Waals surface area (Å²) in [5, 5.41) is 3.44. The Morgan fingerprint density at radius 3 is 2.41 bits per heavy atom. The lowest BCUT2D eigenvalue weighted by atomic mass is 9.80. The van der Waals surface area contributed by atoms with Crippen molar-refractivity contribution >= 4 is 0 Å². The molecule has 1 aliphatic carbocycles. The zero-order valence-corrected chi connectivity index (χ0v) is 11.1. The van der Waals surface area contributed by atoms with Crippen LogP contribution in [0.4, 0.5) is 8.78 Å². The van der Waals surface area contributed by atoms with Gasteiger partial charge in [0.15, 0.2) is 0 Å². The molecule has 0 heterocycles. The average Bonchev–Trinajstić information content (AvgIpc) is 2.28. The van der Waals surface area contributed by atoms with E-state index in [9.17, 15) is 8.78 Å². The molecule has 1 N–H and O–H groups in total. The van der Waals surface area contributed by atoms with Crippen LogP contribution in [-0.4, -0.2) is 18.5 Å². The fraction of sp³-hybridized carbons (Fsp3) is 0.857. The molecule has 0 aliphatic heterocycles. The third-order valence-corrected chi connectivity index (χ3v) is 3.81. The molecule has 1 atom stereocenters. The van der Waals surface area contributed by atoms with Gasteiger partial charge in [-0.2, -0.15) is 0 Å². The molecule has 0 radical (unpaired) electrons. The molecule has 0 amide bonds. The van der Waals surface area contributed by atoms with Crippen LogP contribution < -0.4 is 5.32 Å². The zero-order valence-electron chi connectivity index (χ0n) is 11.1. The van der Waals surface area contributed by atoms with Crippen molar-refractivity contribution in [1.29, 1.82) is 0 Å². The maximum absolute atomic E-state index is 13.1. The van der Waals surface area contributed by atoms with E-state index in [2.05, 4.69) is 25.7 Å². The van der Waals surface area contributed by atoms with Crippen LogP contribution in [0.25, 0.3) is 0 Å². The van der Waals surface area contributed by atoms with Gasteiger partial charge in [0.05, 0.1) is 0 Å². The minimum absolute atomic E-state index is 0.0537. The molecule has 0 bridgehead atoms. The van der Waals surface area contributed by atoms with Crippen LogP contribution in [0.15, 0.2) is 12.2 Å². The summed E-state index contributed by atoms with van der Waals surface area (Å²) in [5.41, 5.74) is 1.22. The molecule has 0 aromatic rings. The lowest BCUT2D eigenvalue weighted by Crippen LogP contribution is -2.40. The number of hydrogen-bond donors (Lipinski definition) is 1. The quantitative estimate of drug-likeness (QED) is 0.693. The Labute approximate surface area is 104 Å². The van der Waals surface area contributed by atoms with Crippen molar-refractivity contribution < 1.29 is 8.78 Å². The molecule has 0 saturated heterocycles. The Kier molecular flexibility index (Phi) is 5.57. The van der Waals surface area contributed by atoms with Gasteiger partial charge in [0, 0.05) is 18.9 Å². The van der Waals surface area contributed by atoms with Crippen molar-refractivity contribution in [2.45, 2.75) is 64.3 Å². The summed E-state index contributed by atoms with van der Waals surface area (Å²) in [6.07, 6.45) is 3.30. The summed E-state index contributed by atoms with van der Waals surface area (Å²) >= 11 is 0. The van der Waals surface area contributed by atoms with Crippen molar-refractivity contribution in [3.8, 4) is 0 Å². The summed E-state index contributed by atoms with van der Waals surface area (Å²) in [6, 6.07) is 0.337. The highest BCUT2D eigenvalue weighted by Crippen LogP contribution is 2.38. The predicted molar refractivity (Wildman–Crippen MR) is 68.4 cm³/mol. The van der Waals surface area contributed by atoms with E-state index in [-0.39, 0.29) is 12.8 Å². The van der Waals surface area contributed by atoms with Gasteiger partial charge in [0.25, 0.3) is 0 Å². The van der Waals surface area contributed by atoms with Crippen LogP contribution in [0.1, 0.15) is 52.4 Å². The second kappa shape index (κ2) is 6.48. The molecular formula is C14H25F2N. The Balaban J connectivity index is 2.50. The van der Waals surface area contributed by atoms with Gasteiger partial charge in [0.1, 0.15) is 0 Å². The van der Waals surface area contributed by atoms with Crippen LogP contribution in [0.2, 0.25) is 0 Å². The highest BCUT2D eigenvalue weighted by molar-refractivity contribution is 4.99. The topological polar surface area (TPSA) is 12.0 Å². The third kappa shape index (κ3) is 4.74. The van der Waals surface area contributed by atoms with Gasteiger partial charge in [-0.15, -0.1) is 0 Å². The summed E-state index contributed by atoms with van der Waals surface area (Å²) in [5.74, 6) is -2.03. The standard InChI is InChI=1S/C14H25F2N/c1-4-11(3)10-13(17-5-2)12-6-8-14(15,16)9-7-12/h12-13,17H,3-10H2,1-2H3. The van der Waals surface area contributed by atoms with Crippen LogP contribution >= 0.6 is 0 Å². The Morgan fingerprint density at radius 2 is 1.94 bits per heavy atom. The van der Waals surface area contributed by atoms with E-state index < -0.39 is 5.92 Å². The first-order chi connectivity index (χ1) is 7.98. The van der Waals surface area contributed by atoms with E-state index in [0.29, 0.717) is 24.8 Å². The first-order valence-corrected chi connectivity index (χ1v) is 6.76. The Bertz CT molecular complexity index is 241. The van der Waals surface area contributed by atoms with Crippen molar-refractivity contribution in [1.82, 2.24) is 5.32 Å². The fourth-order valence-corrected chi connectivity index (χ4v) is 2.59. The molecule has 1 rings (SSSR count). The van der Waals surface area contributed by atoms with Gasteiger partial charge in [0.2, 0.25) is 5.92 Å². The zero-order chi connectivity index (χ0) is 12.9. The summed E-state index contributed by atoms with van der Waals surface area (Å²) in [7, 11) is 0. The van der Waals surface area contributed by atoms with Gasteiger partial charge in [-0.1, -0.05) is 26.0 Å². The largest absolute Gasteiger partial charge is 0.314 e. The summed E-state index contributed by atoms with van der Waals surface area (Å²) in [6.45, 7) is 9.09. The van der Waals surface area contributed by atoms with Crippen molar-refractivity contribution in [2.75, 3.05) is 6.54 Å². The number of hydrogen-bond acceptors (Lipinski definition) is 1. The minimum Gasteiger partial charge on any atom is -0.314 e. The molecule has 1 nitrogen and oxygen atoms in total. The minimum atomic E-state index is -2.42. The van der Waals surface area contributed by atoms with Crippen LogP contribution in [0.5, 0.6) is 0 Å². The van der Waals surface area contributed by atoms with E-state index in [0.717, 1.165) is 19.4 Å². The van der Waals surface area contributed by atoms with Gasteiger partial charge in [-0.3, -0.25) is 0 Å². The highest BCUT2D eigenvalue weighted by Gasteiger charge is 2.37. The normalized spacial score (nSPS) is 22.4. The Hall–Kier alpha value is -0.440. The maximum Gasteiger partial charge on any atom is 0.248 e. The van der Waals surface area contributed by atoms with Crippen LogP contribution in [0, 0.1) is 5.92 Å². The lowest BCUT2D eigenvalue weighted by molar-refractivity contribution is -0.0494. The molecule has 0 spiro atoms.